The molecule has 1 saturated heterocycles. The van der Waals surface area contributed by atoms with Crippen molar-refractivity contribution in [2.45, 2.75) is 37.5 Å². The summed E-state index contributed by atoms with van der Waals surface area (Å²) in [5, 5.41) is 21.8. The number of carbonyl (C=O) groups excluding carboxylic acids is 2. The smallest absolute Gasteiger partial charge is 0.220 e. The van der Waals surface area contributed by atoms with Crippen molar-refractivity contribution in [2.75, 3.05) is 20.3 Å². The molecule has 0 unspecified atom stereocenters. The Hall–Kier alpha value is -1.96. The second kappa shape index (κ2) is 8.77. The number of rotatable bonds is 7. The van der Waals surface area contributed by atoms with Gasteiger partial charge in [0.05, 0.1) is 19.8 Å². The molecule has 1 fully saturated rings. The molecule has 1 aliphatic rings. The molecule has 24 heavy (non-hydrogen) atoms. The number of aliphatic hydroxyl groups is 2. The Kier molecular flexibility index (Phi) is 6.72. The van der Waals surface area contributed by atoms with E-state index in [1.165, 1.54) is 0 Å². The molecule has 1 aliphatic heterocycles. The molecule has 0 radical (unpaired) electrons. The lowest BCUT2D eigenvalue weighted by Crippen LogP contribution is -2.54. The van der Waals surface area contributed by atoms with Gasteiger partial charge in [-0.05, 0) is 30.7 Å². The number of carbonyl (C=O) groups is 2. The van der Waals surface area contributed by atoms with Gasteiger partial charge < -0.3 is 25.0 Å². The maximum Gasteiger partial charge on any atom is 0.220 e. The van der Waals surface area contributed by atoms with Crippen LogP contribution in [0.4, 0.5) is 0 Å². The molecule has 132 valence electrons. The Labute approximate surface area is 140 Å². The quantitative estimate of drug-likeness (QED) is 0.618. The van der Waals surface area contributed by atoms with Crippen LogP contribution in [0.5, 0.6) is 5.75 Å². The molecule has 0 aromatic heterocycles. The molecule has 7 nitrogen and oxygen atoms in total. The average Bonchev–Trinajstić information content (AvgIpc) is 2.61. The van der Waals surface area contributed by atoms with Crippen molar-refractivity contribution in [3.63, 3.8) is 0 Å². The van der Waals surface area contributed by atoms with Gasteiger partial charge in [0, 0.05) is 25.0 Å². The summed E-state index contributed by atoms with van der Waals surface area (Å²) in [5.74, 6) is 0.226. The normalized spacial score (nSPS) is 23.5. The highest BCUT2D eigenvalue weighted by atomic mass is 16.5. The molecule has 0 bridgehead atoms. The summed E-state index contributed by atoms with van der Waals surface area (Å²) in [7, 11) is 1.55. The third-order valence-corrected chi connectivity index (χ3v) is 4.07. The van der Waals surface area contributed by atoms with Crippen molar-refractivity contribution in [3.8, 4) is 5.75 Å². The summed E-state index contributed by atoms with van der Waals surface area (Å²) in [6.45, 7) is 0.0570. The third kappa shape index (κ3) is 4.77. The molecule has 0 spiro atoms. The lowest BCUT2D eigenvalue weighted by atomic mass is 9.99. The lowest BCUT2D eigenvalue weighted by Gasteiger charge is -2.34. The van der Waals surface area contributed by atoms with Crippen LogP contribution in [0.15, 0.2) is 24.3 Å². The van der Waals surface area contributed by atoms with Crippen molar-refractivity contribution in [3.05, 3.63) is 29.8 Å². The van der Waals surface area contributed by atoms with Crippen LogP contribution in [0.3, 0.4) is 0 Å². The number of hydrogen-bond acceptors (Lipinski definition) is 6. The number of aliphatic hydroxyl groups excluding tert-OH is 2. The Morgan fingerprint density at radius 3 is 2.62 bits per heavy atom. The van der Waals surface area contributed by atoms with E-state index in [1.807, 2.05) is 0 Å². The maximum absolute atomic E-state index is 12.1. The first-order chi connectivity index (χ1) is 11.5. The SMILES string of the molecule is COc1ccc(C(=O)CCC(=O)N[C@H]2CCO[C@H](CO)[C@H]2O)cc1. The summed E-state index contributed by atoms with van der Waals surface area (Å²) in [6.07, 6.45) is -1.05. The summed E-state index contributed by atoms with van der Waals surface area (Å²) in [4.78, 5) is 24.1. The minimum absolute atomic E-state index is 0.0404. The van der Waals surface area contributed by atoms with Gasteiger partial charge in [0.2, 0.25) is 5.91 Å². The Morgan fingerprint density at radius 2 is 2.00 bits per heavy atom. The van der Waals surface area contributed by atoms with Crippen molar-refractivity contribution < 1.29 is 29.3 Å². The zero-order valence-electron chi connectivity index (χ0n) is 13.6. The van der Waals surface area contributed by atoms with E-state index in [0.717, 1.165) is 0 Å². The van der Waals surface area contributed by atoms with E-state index in [9.17, 15) is 14.7 Å². The van der Waals surface area contributed by atoms with Gasteiger partial charge >= 0.3 is 0 Å². The largest absolute Gasteiger partial charge is 0.497 e. The highest BCUT2D eigenvalue weighted by molar-refractivity contribution is 5.98. The van der Waals surface area contributed by atoms with E-state index in [4.69, 9.17) is 14.6 Å². The first-order valence-corrected chi connectivity index (χ1v) is 7.92. The molecule has 2 rings (SSSR count). The molecule has 1 heterocycles. The summed E-state index contributed by atoms with van der Waals surface area (Å²) < 4.78 is 10.2. The summed E-state index contributed by atoms with van der Waals surface area (Å²) >= 11 is 0. The predicted molar refractivity (Wildman–Crippen MR) is 85.9 cm³/mol. The van der Waals surface area contributed by atoms with Crippen molar-refractivity contribution in [1.82, 2.24) is 5.32 Å². The molecule has 0 saturated carbocycles. The van der Waals surface area contributed by atoms with Gasteiger partial charge in [-0.15, -0.1) is 0 Å². The molecular weight excluding hydrogens is 314 g/mol. The molecule has 1 amide bonds. The van der Waals surface area contributed by atoms with E-state index in [-0.39, 0.29) is 31.1 Å². The fourth-order valence-corrected chi connectivity index (χ4v) is 2.62. The predicted octanol–water partition coefficient (Wildman–Crippen LogP) is 0.285. The zero-order chi connectivity index (χ0) is 17.5. The number of ether oxygens (including phenoxy) is 2. The minimum atomic E-state index is -0.954. The van der Waals surface area contributed by atoms with Crippen LogP contribution in [-0.4, -0.2) is 60.5 Å². The van der Waals surface area contributed by atoms with E-state index < -0.39 is 18.2 Å². The second-order valence-electron chi connectivity index (χ2n) is 5.70. The number of Topliss-reactive ketones (excluding diaryl/α,β-unsaturated/α-hetero) is 1. The van der Waals surface area contributed by atoms with Gasteiger partial charge in [0.15, 0.2) is 5.78 Å². The Morgan fingerprint density at radius 1 is 1.29 bits per heavy atom. The highest BCUT2D eigenvalue weighted by Gasteiger charge is 2.33. The molecule has 1 aromatic carbocycles. The van der Waals surface area contributed by atoms with Crippen molar-refractivity contribution in [1.29, 1.82) is 0 Å². The van der Waals surface area contributed by atoms with Crippen LogP contribution in [0, 0.1) is 0 Å². The zero-order valence-corrected chi connectivity index (χ0v) is 13.6. The van der Waals surface area contributed by atoms with Gasteiger partial charge in [-0.2, -0.15) is 0 Å². The fourth-order valence-electron chi connectivity index (χ4n) is 2.62. The third-order valence-electron chi connectivity index (χ3n) is 4.07. The van der Waals surface area contributed by atoms with Crippen LogP contribution in [0.2, 0.25) is 0 Å². The number of methoxy groups -OCH3 is 1. The summed E-state index contributed by atoms with van der Waals surface area (Å²) in [5.41, 5.74) is 0.523. The lowest BCUT2D eigenvalue weighted by molar-refractivity contribution is -0.131. The van der Waals surface area contributed by atoms with Crippen LogP contribution < -0.4 is 10.1 Å². The Bertz CT molecular complexity index is 559. The van der Waals surface area contributed by atoms with Crippen molar-refractivity contribution in [2.24, 2.45) is 0 Å². The monoisotopic (exact) mass is 337 g/mol. The minimum Gasteiger partial charge on any atom is -0.497 e. The second-order valence-corrected chi connectivity index (χ2v) is 5.70. The fraction of sp³-hybridized carbons (Fsp3) is 0.529. The number of nitrogens with one attached hydrogen (secondary N) is 1. The average molecular weight is 337 g/mol. The first kappa shape index (κ1) is 18.4. The topological polar surface area (TPSA) is 105 Å². The highest BCUT2D eigenvalue weighted by Crippen LogP contribution is 2.16. The van der Waals surface area contributed by atoms with Gasteiger partial charge in [-0.1, -0.05) is 0 Å². The number of benzene rings is 1. The van der Waals surface area contributed by atoms with E-state index in [1.54, 1.807) is 31.4 Å². The molecule has 3 N–H and O–H groups in total. The van der Waals surface area contributed by atoms with Crippen LogP contribution >= 0.6 is 0 Å². The molecule has 0 aliphatic carbocycles. The van der Waals surface area contributed by atoms with E-state index in [0.29, 0.717) is 24.3 Å². The standard InChI is InChI=1S/C17H23NO6/c1-23-12-4-2-11(3-5-12)14(20)6-7-16(21)18-13-8-9-24-15(10-19)17(13)22/h2-5,13,15,17,19,22H,6-10H2,1H3,(H,18,21)/t13-,15+,17-/m0/s1. The summed E-state index contributed by atoms with van der Waals surface area (Å²) in [6, 6.07) is 6.24. The van der Waals surface area contributed by atoms with Crippen LogP contribution in [0.25, 0.3) is 0 Å². The number of amides is 1. The Balaban J connectivity index is 1.80. The number of ketones is 1. The van der Waals surface area contributed by atoms with Gasteiger partial charge in [0.1, 0.15) is 18.0 Å². The van der Waals surface area contributed by atoms with Gasteiger partial charge in [-0.25, -0.2) is 0 Å². The van der Waals surface area contributed by atoms with Gasteiger partial charge in [-0.3, -0.25) is 9.59 Å². The van der Waals surface area contributed by atoms with E-state index >= 15 is 0 Å². The molecule has 3 atom stereocenters. The maximum atomic E-state index is 12.1. The van der Waals surface area contributed by atoms with Gasteiger partial charge in [0.25, 0.3) is 0 Å². The molecule has 7 heteroatoms. The van der Waals surface area contributed by atoms with Crippen LogP contribution in [-0.2, 0) is 9.53 Å². The van der Waals surface area contributed by atoms with Crippen molar-refractivity contribution >= 4 is 11.7 Å². The number of hydrogen-bond donors (Lipinski definition) is 3. The molecule has 1 aromatic rings. The first-order valence-electron chi connectivity index (χ1n) is 7.92. The molecular formula is C17H23NO6. The van der Waals surface area contributed by atoms with Crippen LogP contribution in [0.1, 0.15) is 29.6 Å². The van der Waals surface area contributed by atoms with E-state index in [2.05, 4.69) is 5.32 Å².